The van der Waals surface area contributed by atoms with Gasteiger partial charge in [0.25, 0.3) is 0 Å². The van der Waals surface area contributed by atoms with Crippen molar-refractivity contribution >= 4 is 5.78 Å². The molecule has 0 radical (unpaired) electrons. The molecule has 1 saturated carbocycles. The number of rotatable bonds is 5. The number of hydrogen-bond acceptors (Lipinski definition) is 3. The van der Waals surface area contributed by atoms with E-state index in [1.807, 2.05) is 13.8 Å². The Morgan fingerprint density at radius 2 is 1.83 bits per heavy atom. The van der Waals surface area contributed by atoms with E-state index in [-0.39, 0.29) is 17.3 Å². The Balaban J connectivity index is 2.03. The normalized spacial score (nSPS) is 30.1. The van der Waals surface area contributed by atoms with E-state index in [9.17, 15) is 4.79 Å². The molecule has 1 heterocycles. The molecule has 2 rings (SSSR count). The van der Waals surface area contributed by atoms with E-state index in [0.29, 0.717) is 0 Å². The summed E-state index contributed by atoms with van der Waals surface area (Å²) in [7, 11) is 0. The minimum absolute atomic E-state index is 0.00574. The summed E-state index contributed by atoms with van der Waals surface area (Å²) >= 11 is 0. The van der Waals surface area contributed by atoms with Crippen LogP contribution in [0.25, 0.3) is 0 Å². The van der Waals surface area contributed by atoms with E-state index in [4.69, 9.17) is 4.74 Å². The lowest BCUT2D eigenvalue weighted by atomic mass is 9.85. The Morgan fingerprint density at radius 1 is 1.22 bits per heavy atom. The van der Waals surface area contributed by atoms with Crippen LogP contribution in [0.1, 0.15) is 47.5 Å². The van der Waals surface area contributed by atoms with Crippen molar-refractivity contribution in [2.75, 3.05) is 19.6 Å². The van der Waals surface area contributed by atoms with Gasteiger partial charge in [0.2, 0.25) is 0 Å². The van der Waals surface area contributed by atoms with Crippen LogP contribution in [0.4, 0.5) is 0 Å². The molecule has 0 amide bonds. The van der Waals surface area contributed by atoms with Gasteiger partial charge in [0.1, 0.15) is 5.60 Å². The van der Waals surface area contributed by atoms with Crippen LogP contribution in [0.5, 0.6) is 0 Å². The monoisotopic (exact) mass is 253 g/mol. The summed E-state index contributed by atoms with van der Waals surface area (Å²) in [5, 5.41) is 0. The lowest BCUT2D eigenvalue weighted by molar-refractivity contribution is -0.132. The van der Waals surface area contributed by atoms with Crippen molar-refractivity contribution in [1.29, 1.82) is 0 Å². The molecule has 0 spiro atoms. The molecular formula is C15H27NO2. The Bertz CT molecular complexity index is 331. The highest BCUT2D eigenvalue weighted by Crippen LogP contribution is 2.40. The fourth-order valence-corrected chi connectivity index (χ4v) is 3.07. The van der Waals surface area contributed by atoms with Crippen LogP contribution < -0.4 is 0 Å². The first-order chi connectivity index (χ1) is 8.26. The van der Waals surface area contributed by atoms with Gasteiger partial charge in [-0.2, -0.15) is 0 Å². The molecule has 0 N–H and O–H groups in total. The third kappa shape index (κ3) is 2.77. The van der Waals surface area contributed by atoms with Gasteiger partial charge in [-0.05, 0) is 53.0 Å². The molecule has 0 aromatic carbocycles. The standard InChI is InChI=1S/C15H27NO2/c1-6-16(9-11-7-8-11)10-12-13(17)15(4,5)18-14(12,2)3/h11-12H,6-10H2,1-5H3. The molecule has 2 fully saturated rings. The molecular weight excluding hydrogens is 226 g/mol. The molecule has 104 valence electrons. The van der Waals surface area contributed by atoms with Crippen molar-refractivity contribution < 1.29 is 9.53 Å². The average Bonchev–Trinajstić information content (AvgIpc) is 3.02. The highest BCUT2D eigenvalue weighted by atomic mass is 16.5. The molecule has 1 unspecified atom stereocenters. The average molecular weight is 253 g/mol. The van der Waals surface area contributed by atoms with E-state index >= 15 is 0 Å². The molecule has 18 heavy (non-hydrogen) atoms. The lowest BCUT2D eigenvalue weighted by Gasteiger charge is -2.30. The lowest BCUT2D eigenvalue weighted by Crippen LogP contribution is -2.41. The summed E-state index contributed by atoms with van der Waals surface area (Å²) in [6, 6.07) is 0. The number of ether oxygens (including phenoxy) is 1. The maximum atomic E-state index is 12.4. The number of carbonyl (C=O) groups excluding carboxylic acids is 1. The number of Topliss-reactive ketones (excluding diaryl/α,β-unsaturated/α-hetero) is 1. The maximum absolute atomic E-state index is 12.4. The van der Waals surface area contributed by atoms with Crippen LogP contribution >= 0.6 is 0 Å². The first kappa shape index (κ1) is 14.0. The van der Waals surface area contributed by atoms with Crippen LogP contribution in [-0.4, -0.2) is 41.5 Å². The summed E-state index contributed by atoms with van der Waals surface area (Å²) in [5.74, 6) is 1.14. The Kier molecular flexibility index (Phi) is 3.58. The predicted molar refractivity (Wildman–Crippen MR) is 72.6 cm³/mol. The highest BCUT2D eigenvalue weighted by Gasteiger charge is 2.53. The molecule has 1 aliphatic carbocycles. The van der Waals surface area contributed by atoms with E-state index in [1.54, 1.807) is 0 Å². The number of ketones is 1. The van der Waals surface area contributed by atoms with Gasteiger partial charge in [0.15, 0.2) is 5.78 Å². The minimum atomic E-state index is -0.618. The third-order valence-electron chi connectivity index (χ3n) is 4.37. The summed E-state index contributed by atoms with van der Waals surface area (Å²) < 4.78 is 5.95. The summed E-state index contributed by atoms with van der Waals surface area (Å²) in [5.41, 5.74) is -0.954. The number of hydrogen-bond donors (Lipinski definition) is 0. The fraction of sp³-hybridized carbons (Fsp3) is 0.933. The summed E-state index contributed by atoms with van der Waals surface area (Å²) in [6.07, 6.45) is 2.72. The second kappa shape index (κ2) is 4.61. The smallest absolute Gasteiger partial charge is 0.171 e. The van der Waals surface area contributed by atoms with Gasteiger partial charge in [-0.15, -0.1) is 0 Å². The molecule has 0 aromatic rings. The molecule has 1 saturated heterocycles. The van der Waals surface area contributed by atoms with Crippen LogP contribution in [0.3, 0.4) is 0 Å². The maximum Gasteiger partial charge on any atom is 0.171 e. The summed E-state index contributed by atoms with van der Waals surface area (Å²) in [4.78, 5) is 14.9. The summed E-state index contributed by atoms with van der Waals surface area (Å²) in [6.45, 7) is 13.1. The molecule has 0 aromatic heterocycles. The zero-order valence-electron chi connectivity index (χ0n) is 12.5. The van der Waals surface area contributed by atoms with E-state index in [0.717, 1.165) is 25.6 Å². The van der Waals surface area contributed by atoms with Gasteiger partial charge in [-0.3, -0.25) is 4.79 Å². The van der Waals surface area contributed by atoms with Crippen LogP contribution in [-0.2, 0) is 9.53 Å². The van der Waals surface area contributed by atoms with E-state index in [1.165, 1.54) is 12.8 Å². The van der Waals surface area contributed by atoms with Crippen LogP contribution in [0.2, 0.25) is 0 Å². The second-order valence-corrected chi connectivity index (χ2v) is 6.93. The van der Waals surface area contributed by atoms with Gasteiger partial charge in [-0.1, -0.05) is 6.92 Å². The SMILES string of the molecule is CCN(CC1CC1)CC1C(=O)C(C)(C)OC1(C)C. The molecule has 3 nitrogen and oxygen atoms in total. The van der Waals surface area contributed by atoms with E-state index < -0.39 is 5.60 Å². The zero-order chi connectivity index (χ0) is 13.6. The second-order valence-electron chi connectivity index (χ2n) is 6.93. The van der Waals surface area contributed by atoms with Crippen molar-refractivity contribution in [3.8, 4) is 0 Å². The molecule has 1 aliphatic heterocycles. The van der Waals surface area contributed by atoms with Crippen molar-refractivity contribution in [1.82, 2.24) is 4.90 Å². The Hall–Kier alpha value is -0.410. The van der Waals surface area contributed by atoms with Crippen molar-refractivity contribution in [2.24, 2.45) is 11.8 Å². The van der Waals surface area contributed by atoms with Crippen LogP contribution in [0, 0.1) is 11.8 Å². The topological polar surface area (TPSA) is 29.5 Å². The Labute approximate surface area is 111 Å². The highest BCUT2D eigenvalue weighted by molar-refractivity contribution is 5.91. The third-order valence-corrected chi connectivity index (χ3v) is 4.37. The van der Waals surface area contributed by atoms with E-state index in [2.05, 4.69) is 25.7 Å². The molecule has 3 heteroatoms. The number of carbonyl (C=O) groups is 1. The first-order valence-electron chi connectivity index (χ1n) is 7.23. The predicted octanol–water partition coefficient (Wildman–Crippen LogP) is 2.49. The molecule has 2 aliphatic rings. The van der Waals surface area contributed by atoms with Gasteiger partial charge in [0.05, 0.1) is 11.5 Å². The van der Waals surface area contributed by atoms with Crippen molar-refractivity contribution in [3.63, 3.8) is 0 Å². The first-order valence-corrected chi connectivity index (χ1v) is 7.23. The van der Waals surface area contributed by atoms with Crippen LogP contribution in [0.15, 0.2) is 0 Å². The van der Waals surface area contributed by atoms with Crippen molar-refractivity contribution in [2.45, 2.75) is 58.7 Å². The minimum Gasteiger partial charge on any atom is -0.361 e. The van der Waals surface area contributed by atoms with Gasteiger partial charge in [0, 0.05) is 13.1 Å². The zero-order valence-corrected chi connectivity index (χ0v) is 12.5. The van der Waals surface area contributed by atoms with Gasteiger partial charge < -0.3 is 9.64 Å². The fourth-order valence-electron chi connectivity index (χ4n) is 3.07. The molecule has 1 atom stereocenters. The van der Waals surface area contributed by atoms with Gasteiger partial charge >= 0.3 is 0 Å². The largest absolute Gasteiger partial charge is 0.361 e. The number of nitrogens with zero attached hydrogens (tertiary/aromatic N) is 1. The molecule has 0 bridgehead atoms. The van der Waals surface area contributed by atoms with Gasteiger partial charge in [-0.25, -0.2) is 0 Å². The Morgan fingerprint density at radius 3 is 2.22 bits per heavy atom. The quantitative estimate of drug-likeness (QED) is 0.754. The van der Waals surface area contributed by atoms with Crippen molar-refractivity contribution in [3.05, 3.63) is 0 Å².